The first kappa shape index (κ1) is 14.8. The lowest BCUT2D eigenvalue weighted by atomic mass is 10.1. The van der Waals surface area contributed by atoms with E-state index >= 15 is 0 Å². The van der Waals surface area contributed by atoms with E-state index in [-0.39, 0.29) is 6.61 Å². The van der Waals surface area contributed by atoms with Gasteiger partial charge in [-0.1, -0.05) is 48.0 Å². The molecule has 0 saturated carbocycles. The van der Waals surface area contributed by atoms with E-state index < -0.39 is 0 Å². The van der Waals surface area contributed by atoms with Crippen LogP contribution >= 0.6 is 0 Å². The minimum Gasteiger partial charge on any atom is -0.395 e. The van der Waals surface area contributed by atoms with Gasteiger partial charge in [-0.25, -0.2) is 0 Å². The number of aliphatic hydroxyl groups is 1. The monoisotopic (exact) mass is 295 g/mol. The predicted octanol–water partition coefficient (Wildman–Crippen LogP) is 2.47. The minimum absolute atomic E-state index is 0.151. The average Bonchev–Trinajstić information content (AvgIpc) is 2.57. The van der Waals surface area contributed by atoms with Crippen molar-refractivity contribution < 1.29 is 5.11 Å². The summed E-state index contributed by atoms with van der Waals surface area (Å²) in [4.78, 5) is 9.07. The van der Waals surface area contributed by atoms with Gasteiger partial charge in [0.05, 0.1) is 19.9 Å². The molecule has 1 aliphatic rings. The van der Waals surface area contributed by atoms with Crippen molar-refractivity contribution in [1.82, 2.24) is 4.90 Å². The molecule has 3 rings (SSSR count). The smallest absolute Gasteiger partial charge is 0.137 e. The maximum Gasteiger partial charge on any atom is 0.137 e. The molecular weight excluding hydrogens is 274 g/mol. The van der Waals surface area contributed by atoms with Crippen LogP contribution in [-0.4, -0.2) is 42.3 Å². The van der Waals surface area contributed by atoms with Crippen LogP contribution in [0.1, 0.15) is 11.1 Å². The molecule has 114 valence electrons. The third-order valence-electron chi connectivity index (χ3n) is 3.81. The first-order valence-electron chi connectivity index (χ1n) is 7.55. The van der Waals surface area contributed by atoms with Crippen LogP contribution in [0.15, 0.2) is 59.6 Å². The lowest BCUT2D eigenvalue weighted by molar-refractivity contribution is 0.199. The molecule has 0 saturated heterocycles. The summed E-state index contributed by atoms with van der Waals surface area (Å²) in [7, 11) is 0. The molecule has 1 aliphatic heterocycles. The Kier molecular flexibility index (Phi) is 4.51. The van der Waals surface area contributed by atoms with Gasteiger partial charge in [-0.05, 0) is 19.1 Å². The fourth-order valence-electron chi connectivity index (χ4n) is 2.61. The molecule has 0 atom stereocenters. The third kappa shape index (κ3) is 3.18. The number of amidine groups is 1. The highest BCUT2D eigenvalue weighted by Crippen LogP contribution is 2.21. The molecule has 1 heterocycles. The molecule has 2 aromatic rings. The summed E-state index contributed by atoms with van der Waals surface area (Å²) in [5.74, 6) is 0.985. The fourth-order valence-corrected chi connectivity index (χ4v) is 2.61. The Hall–Kier alpha value is -2.17. The third-order valence-corrected chi connectivity index (χ3v) is 3.81. The molecule has 4 heteroatoms. The van der Waals surface area contributed by atoms with Crippen LogP contribution in [-0.2, 0) is 0 Å². The number of β-amino-alcohol motifs (C(OH)–C–C–N with tert-alkyl or cyclic N) is 1. The average molecular weight is 295 g/mol. The Labute approximate surface area is 131 Å². The lowest BCUT2D eigenvalue weighted by Gasteiger charge is -2.36. The van der Waals surface area contributed by atoms with Crippen LogP contribution in [0.3, 0.4) is 0 Å². The fraction of sp³-hybridized carbons (Fsp3) is 0.278. The molecule has 0 amide bonds. The van der Waals surface area contributed by atoms with Crippen molar-refractivity contribution in [2.75, 3.05) is 31.4 Å². The summed E-state index contributed by atoms with van der Waals surface area (Å²) < 4.78 is 0. The van der Waals surface area contributed by atoms with E-state index in [4.69, 9.17) is 4.99 Å². The maximum atomic E-state index is 9.19. The number of hydrogen-bond donors (Lipinski definition) is 1. The van der Waals surface area contributed by atoms with Crippen molar-refractivity contribution in [2.24, 2.45) is 4.99 Å². The molecule has 4 nitrogen and oxygen atoms in total. The Morgan fingerprint density at radius 3 is 2.45 bits per heavy atom. The van der Waals surface area contributed by atoms with Gasteiger partial charge in [-0.15, -0.1) is 0 Å². The van der Waals surface area contributed by atoms with E-state index in [0.717, 1.165) is 23.8 Å². The van der Waals surface area contributed by atoms with Gasteiger partial charge in [0.15, 0.2) is 0 Å². The highest BCUT2D eigenvalue weighted by atomic mass is 16.3. The number of aryl methyl sites for hydroxylation is 1. The van der Waals surface area contributed by atoms with Gasteiger partial charge in [-0.3, -0.25) is 9.89 Å². The number of anilines is 1. The summed E-state index contributed by atoms with van der Waals surface area (Å²) in [6.07, 6.45) is 0. The standard InChI is InChI=1S/C18H21N3O/c1-15-7-9-17(10-8-15)21-14-20(11-12-22)13-19-18(21)16-5-3-2-4-6-16/h2-10,22H,11-14H2,1H3. The molecule has 0 aromatic heterocycles. The molecule has 22 heavy (non-hydrogen) atoms. The van der Waals surface area contributed by atoms with Crippen LogP contribution in [0.2, 0.25) is 0 Å². The molecule has 0 bridgehead atoms. The molecular formula is C18H21N3O. The molecule has 1 N–H and O–H groups in total. The summed E-state index contributed by atoms with van der Waals surface area (Å²) in [6, 6.07) is 18.7. The first-order chi connectivity index (χ1) is 10.8. The second-order valence-electron chi connectivity index (χ2n) is 5.51. The van der Waals surface area contributed by atoms with Crippen molar-refractivity contribution >= 4 is 11.5 Å². The van der Waals surface area contributed by atoms with E-state index in [1.54, 1.807) is 0 Å². The predicted molar refractivity (Wildman–Crippen MR) is 90.2 cm³/mol. The number of rotatable bonds is 4. The number of aliphatic hydroxyl groups excluding tert-OH is 1. The Balaban J connectivity index is 1.95. The maximum absolute atomic E-state index is 9.19. The van der Waals surface area contributed by atoms with Crippen LogP contribution in [0.4, 0.5) is 5.69 Å². The minimum atomic E-state index is 0.151. The lowest BCUT2D eigenvalue weighted by Crippen LogP contribution is -2.47. The Morgan fingerprint density at radius 1 is 1.05 bits per heavy atom. The number of aliphatic imine (C=N–C) groups is 1. The molecule has 2 aromatic carbocycles. The van der Waals surface area contributed by atoms with E-state index in [1.807, 2.05) is 18.2 Å². The normalized spacial score (nSPS) is 15.7. The zero-order valence-corrected chi connectivity index (χ0v) is 12.8. The highest BCUT2D eigenvalue weighted by molar-refractivity contribution is 6.10. The van der Waals surface area contributed by atoms with Gasteiger partial charge in [0.1, 0.15) is 5.84 Å². The van der Waals surface area contributed by atoms with Crippen molar-refractivity contribution in [2.45, 2.75) is 6.92 Å². The topological polar surface area (TPSA) is 39.1 Å². The quantitative estimate of drug-likeness (QED) is 0.942. The summed E-state index contributed by atoms with van der Waals surface area (Å²) >= 11 is 0. The summed E-state index contributed by atoms with van der Waals surface area (Å²) in [5.41, 5.74) is 3.48. The molecule has 0 radical (unpaired) electrons. The van der Waals surface area contributed by atoms with Crippen LogP contribution in [0.5, 0.6) is 0 Å². The molecule has 0 spiro atoms. The van der Waals surface area contributed by atoms with E-state index in [9.17, 15) is 5.11 Å². The molecule has 0 fully saturated rings. The van der Waals surface area contributed by atoms with Crippen molar-refractivity contribution in [3.8, 4) is 0 Å². The Bertz CT molecular complexity index is 637. The van der Waals surface area contributed by atoms with Crippen LogP contribution in [0.25, 0.3) is 0 Å². The second kappa shape index (κ2) is 6.73. The van der Waals surface area contributed by atoms with Gasteiger partial charge in [-0.2, -0.15) is 0 Å². The highest BCUT2D eigenvalue weighted by Gasteiger charge is 2.22. The zero-order chi connectivity index (χ0) is 15.4. The number of hydrogen-bond acceptors (Lipinski definition) is 4. The SMILES string of the molecule is Cc1ccc(N2CN(CCO)CN=C2c2ccccc2)cc1. The van der Waals surface area contributed by atoms with Crippen LogP contribution in [0, 0.1) is 6.92 Å². The van der Waals surface area contributed by atoms with E-state index in [1.165, 1.54) is 5.56 Å². The number of benzene rings is 2. The van der Waals surface area contributed by atoms with Gasteiger partial charge in [0.25, 0.3) is 0 Å². The first-order valence-corrected chi connectivity index (χ1v) is 7.55. The van der Waals surface area contributed by atoms with Gasteiger partial charge < -0.3 is 10.0 Å². The van der Waals surface area contributed by atoms with E-state index in [2.05, 4.69) is 53.1 Å². The van der Waals surface area contributed by atoms with Gasteiger partial charge >= 0.3 is 0 Å². The molecule has 0 unspecified atom stereocenters. The zero-order valence-electron chi connectivity index (χ0n) is 12.8. The summed E-state index contributed by atoms with van der Waals surface area (Å²) in [6.45, 7) is 4.22. The van der Waals surface area contributed by atoms with E-state index in [0.29, 0.717) is 13.2 Å². The largest absolute Gasteiger partial charge is 0.395 e. The van der Waals surface area contributed by atoms with Crippen molar-refractivity contribution in [1.29, 1.82) is 0 Å². The van der Waals surface area contributed by atoms with Gasteiger partial charge in [0, 0.05) is 17.8 Å². The molecule has 0 aliphatic carbocycles. The van der Waals surface area contributed by atoms with Crippen LogP contribution < -0.4 is 4.90 Å². The summed E-state index contributed by atoms with van der Waals surface area (Å²) in [5, 5.41) is 9.19. The number of nitrogens with zero attached hydrogens (tertiary/aromatic N) is 3. The van der Waals surface area contributed by atoms with Crippen molar-refractivity contribution in [3.63, 3.8) is 0 Å². The van der Waals surface area contributed by atoms with Crippen molar-refractivity contribution in [3.05, 3.63) is 65.7 Å². The van der Waals surface area contributed by atoms with Gasteiger partial charge in [0.2, 0.25) is 0 Å². The second-order valence-corrected chi connectivity index (χ2v) is 5.51. The Morgan fingerprint density at radius 2 is 1.77 bits per heavy atom.